The van der Waals surface area contributed by atoms with Crippen molar-refractivity contribution >= 4 is 0 Å². The summed E-state index contributed by atoms with van der Waals surface area (Å²) in [6.45, 7) is 5.87. The largest absolute Gasteiger partial charge is 0.319 e. The van der Waals surface area contributed by atoms with Gasteiger partial charge >= 0.3 is 0 Å². The minimum absolute atomic E-state index is 0.849. The lowest BCUT2D eigenvalue weighted by atomic mass is 10.0. The van der Waals surface area contributed by atoms with Crippen molar-refractivity contribution in [1.29, 1.82) is 0 Å². The Hall–Kier alpha value is -0.0400. The summed E-state index contributed by atoms with van der Waals surface area (Å²) in [7, 11) is 2.07. The number of nitrogens with one attached hydrogen (secondary N) is 1. The first-order valence-electron chi connectivity index (χ1n) is 26.0. The van der Waals surface area contributed by atoms with Crippen molar-refractivity contribution in [1.82, 2.24) is 5.32 Å². The zero-order valence-corrected chi connectivity index (χ0v) is 38.0. The number of hydrogen-bond donors (Lipinski definition) is 1. The van der Waals surface area contributed by atoms with Gasteiger partial charge in [-0.25, -0.2) is 0 Å². The van der Waals surface area contributed by atoms with E-state index in [-0.39, 0.29) is 0 Å². The monoisotopic (exact) mass is 746 g/mol. The van der Waals surface area contributed by atoms with Crippen LogP contribution in [-0.4, -0.2) is 13.6 Å². The second-order valence-corrected chi connectivity index (χ2v) is 18.4. The molecule has 1 heteroatoms. The zero-order chi connectivity index (χ0) is 38.2. The van der Waals surface area contributed by atoms with E-state index in [0.717, 1.165) is 5.92 Å². The Labute approximate surface area is 339 Å². The van der Waals surface area contributed by atoms with E-state index >= 15 is 0 Å². The summed E-state index contributed by atoms with van der Waals surface area (Å²) >= 11 is 0. The standard InChI is InChI=1S/C52H107N/c1-4-5-6-7-8-9-10-11-12-13-14-15-16-17-18-19-20-21-22-23-24-25-26-27-28-29-30-31-32-33-34-35-36-37-38-39-40-41-42-43-44-45-46-47-48-49-50-52(2)51-53-3/h52-53H,4-51H2,1-3H3. The fraction of sp³-hybridized carbons (Fsp3) is 1.00. The molecule has 1 atom stereocenters. The molecule has 0 aliphatic carbocycles. The Balaban J connectivity index is 3.06. The zero-order valence-electron chi connectivity index (χ0n) is 38.0. The van der Waals surface area contributed by atoms with Crippen LogP contribution in [0.4, 0.5) is 0 Å². The van der Waals surface area contributed by atoms with Crippen LogP contribution in [0.15, 0.2) is 0 Å². The average Bonchev–Trinajstić information content (AvgIpc) is 3.16. The maximum atomic E-state index is 3.30. The molecular weight excluding hydrogens is 639 g/mol. The average molecular weight is 746 g/mol. The highest BCUT2D eigenvalue weighted by Crippen LogP contribution is 2.19. The molecule has 0 saturated carbocycles. The van der Waals surface area contributed by atoms with Crippen molar-refractivity contribution in [3.8, 4) is 0 Å². The number of hydrogen-bond acceptors (Lipinski definition) is 1. The molecule has 0 rings (SSSR count). The summed E-state index contributed by atoms with van der Waals surface area (Å²) in [6.07, 6.45) is 69.7. The van der Waals surface area contributed by atoms with Gasteiger partial charge in [0, 0.05) is 0 Å². The third-order valence-corrected chi connectivity index (χ3v) is 12.6. The van der Waals surface area contributed by atoms with Gasteiger partial charge in [0.1, 0.15) is 0 Å². The second-order valence-electron chi connectivity index (χ2n) is 18.4. The number of unbranched alkanes of at least 4 members (excludes halogenated alkanes) is 45. The van der Waals surface area contributed by atoms with E-state index in [4.69, 9.17) is 0 Å². The Morgan fingerprint density at radius 1 is 0.245 bits per heavy atom. The number of rotatable bonds is 49. The topological polar surface area (TPSA) is 12.0 Å². The van der Waals surface area contributed by atoms with Crippen molar-refractivity contribution < 1.29 is 0 Å². The van der Waals surface area contributed by atoms with Crippen LogP contribution in [-0.2, 0) is 0 Å². The molecule has 0 aliphatic rings. The van der Waals surface area contributed by atoms with Crippen molar-refractivity contribution in [2.45, 2.75) is 316 Å². The van der Waals surface area contributed by atoms with Crippen LogP contribution in [0.1, 0.15) is 316 Å². The fourth-order valence-electron chi connectivity index (χ4n) is 8.79. The molecule has 1 N–H and O–H groups in total. The van der Waals surface area contributed by atoms with Gasteiger partial charge in [0.25, 0.3) is 0 Å². The summed E-state index contributed by atoms with van der Waals surface area (Å²) in [6, 6.07) is 0. The maximum absolute atomic E-state index is 3.30. The Morgan fingerprint density at radius 2 is 0.396 bits per heavy atom. The van der Waals surface area contributed by atoms with Crippen molar-refractivity contribution in [3.63, 3.8) is 0 Å². The predicted octanol–water partition coefficient (Wildman–Crippen LogP) is 19.2. The van der Waals surface area contributed by atoms with Crippen LogP contribution in [0.3, 0.4) is 0 Å². The first kappa shape index (κ1) is 53.0. The van der Waals surface area contributed by atoms with Gasteiger partial charge in [0.05, 0.1) is 0 Å². The summed E-state index contributed by atoms with van der Waals surface area (Å²) < 4.78 is 0. The van der Waals surface area contributed by atoms with E-state index in [0.29, 0.717) is 0 Å². The first-order valence-corrected chi connectivity index (χ1v) is 26.0. The van der Waals surface area contributed by atoms with Crippen LogP contribution < -0.4 is 5.32 Å². The van der Waals surface area contributed by atoms with Crippen molar-refractivity contribution in [3.05, 3.63) is 0 Å². The molecule has 0 spiro atoms. The van der Waals surface area contributed by atoms with Gasteiger partial charge in [-0.1, -0.05) is 309 Å². The third kappa shape index (κ3) is 49.9. The lowest BCUT2D eigenvalue weighted by molar-refractivity contribution is 0.463. The van der Waals surface area contributed by atoms with Gasteiger partial charge in [-0.2, -0.15) is 0 Å². The van der Waals surface area contributed by atoms with E-state index < -0.39 is 0 Å². The molecule has 0 radical (unpaired) electrons. The Bertz CT molecular complexity index is 600. The van der Waals surface area contributed by atoms with Crippen molar-refractivity contribution in [2.24, 2.45) is 5.92 Å². The lowest BCUT2D eigenvalue weighted by Gasteiger charge is -2.09. The highest BCUT2D eigenvalue weighted by atomic mass is 14.8. The summed E-state index contributed by atoms with van der Waals surface area (Å²) in [5.41, 5.74) is 0. The Morgan fingerprint density at radius 3 is 0.547 bits per heavy atom. The fourth-order valence-corrected chi connectivity index (χ4v) is 8.79. The molecule has 1 nitrogen and oxygen atoms in total. The lowest BCUT2D eigenvalue weighted by Crippen LogP contribution is -2.15. The highest BCUT2D eigenvalue weighted by Gasteiger charge is 2.01. The quantitative estimate of drug-likeness (QED) is 0.0612. The first-order chi connectivity index (χ1) is 26.3. The van der Waals surface area contributed by atoms with Gasteiger partial charge in [-0.05, 0) is 25.9 Å². The predicted molar refractivity (Wildman–Crippen MR) is 246 cm³/mol. The molecule has 0 aromatic heterocycles. The summed E-state index contributed by atoms with van der Waals surface area (Å²) in [5.74, 6) is 0.849. The summed E-state index contributed by atoms with van der Waals surface area (Å²) in [4.78, 5) is 0. The molecule has 1 unspecified atom stereocenters. The second kappa shape index (κ2) is 50.0. The minimum Gasteiger partial charge on any atom is -0.319 e. The molecule has 320 valence electrons. The molecule has 0 amide bonds. The van der Waals surface area contributed by atoms with Crippen LogP contribution >= 0.6 is 0 Å². The van der Waals surface area contributed by atoms with E-state index in [2.05, 4.69) is 26.2 Å². The molecule has 0 aliphatic heterocycles. The SMILES string of the molecule is CCCCCCCCCCCCCCCCCCCCCCCCCCCCCCCCCCCCCCCCCCCCCCCCC(C)CNC. The van der Waals surface area contributed by atoms with Crippen LogP contribution in [0.2, 0.25) is 0 Å². The normalized spacial score (nSPS) is 12.3. The smallest absolute Gasteiger partial charge is 0.00262 e. The summed E-state index contributed by atoms with van der Waals surface area (Å²) in [5, 5.41) is 3.30. The molecule has 0 bridgehead atoms. The van der Waals surface area contributed by atoms with E-state index in [9.17, 15) is 0 Å². The molecule has 0 heterocycles. The van der Waals surface area contributed by atoms with Gasteiger partial charge in [0.15, 0.2) is 0 Å². The third-order valence-electron chi connectivity index (χ3n) is 12.6. The van der Waals surface area contributed by atoms with Gasteiger partial charge in [-0.15, -0.1) is 0 Å². The van der Waals surface area contributed by atoms with Gasteiger partial charge < -0.3 is 5.32 Å². The van der Waals surface area contributed by atoms with E-state index in [1.807, 2.05) is 0 Å². The molecule has 0 saturated heterocycles. The van der Waals surface area contributed by atoms with Gasteiger partial charge in [-0.3, -0.25) is 0 Å². The maximum Gasteiger partial charge on any atom is -0.00262 e. The molecule has 0 aromatic rings. The van der Waals surface area contributed by atoms with E-state index in [1.54, 1.807) is 0 Å². The molecule has 0 aromatic carbocycles. The van der Waals surface area contributed by atoms with Gasteiger partial charge in [0.2, 0.25) is 0 Å². The molecule has 53 heavy (non-hydrogen) atoms. The molecular formula is C52H107N. The minimum atomic E-state index is 0.849. The van der Waals surface area contributed by atoms with Crippen molar-refractivity contribution in [2.75, 3.05) is 13.6 Å². The van der Waals surface area contributed by atoms with E-state index in [1.165, 1.54) is 308 Å². The molecule has 0 fully saturated rings. The van der Waals surface area contributed by atoms with Crippen LogP contribution in [0.25, 0.3) is 0 Å². The van der Waals surface area contributed by atoms with Crippen LogP contribution in [0, 0.1) is 5.92 Å². The van der Waals surface area contributed by atoms with Crippen LogP contribution in [0.5, 0.6) is 0 Å². The Kier molecular flexibility index (Phi) is 49.9. The highest BCUT2D eigenvalue weighted by molar-refractivity contribution is 4.57.